The summed E-state index contributed by atoms with van der Waals surface area (Å²) in [6.07, 6.45) is 4.79. The molecule has 0 radical (unpaired) electrons. The van der Waals surface area contributed by atoms with Crippen LogP contribution in [-0.2, 0) is 4.74 Å². The highest BCUT2D eigenvalue weighted by Crippen LogP contribution is 2.43. The molecule has 3 aromatic carbocycles. The Morgan fingerprint density at radius 3 is 2.35 bits per heavy atom. The van der Waals surface area contributed by atoms with Crippen LogP contribution >= 0.6 is 0 Å². The fourth-order valence-corrected chi connectivity index (χ4v) is 5.27. The Bertz CT molecular complexity index is 1660. The van der Waals surface area contributed by atoms with Crippen LogP contribution in [0.3, 0.4) is 0 Å². The number of rotatable bonds is 13. The SMILES string of the molecule is CCCCCOc1ccc(C2c3c(oc4ccccc4c3=O)C(=O)N2c2ccc(C(=O)OCCCC)cc2)cc1OCC. The van der Waals surface area contributed by atoms with Crippen molar-refractivity contribution < 1.29 is 28.2 Å². The van der Waals surface area contributed by atoms with Gasteiger partial charge in [-0.1, -0.05) is 51.3 Å². The summed E-state index contributed by atoms with van der Waals surface area (Å²) >= 11 is 0. The first kappa shape index (κ1) is 29.9. The van der Waals surface area contributed by atoms with Crippen LogP contribution in [-0.4, -0.2) is 31.7 Å². The lowest BCUT2D eigenvalue weighted by molar-refractivity contribution is 0.0499. The molecule has 224 valence electrons. The summed E-state index contributed by atoms with van der Waals surface area (Å²) in [5.41, 5.74) is 1.88. The molecule has 1 unspecified atom stereocenters. The summed E-state index contributed by atoms with van der Waals surface area (Å²) in [4.78, 5) is 42.0. The van der Waals surface area contributed by atoms with Gasteiger partial charge in [0, 0.05) is 5.69 Å². The molecule has 43 heavy (non-hydrogen) atoms. The normalized spacial score (nSPS) is 14.2. The fourth-order valence-electron chi connectivity index (χ4n) is 5.27. The molecule has 1 aliphatic rings. The van der Waals surface area contributed by atoms with Crippen LogP contribution in [0.1, 0.15) is 91.0 Å². The van der Waals surface area contributed by atoms with Crippen LogP contribution in [0.15, 0.2) is 75.9 Å². The number of esters is 1. The summed E-state index contributed by atoms with van der Waals surface area (Å²) in [6.45, 7) is 7.39. The number of ether oxygens (including phenoxy) is 3. The number of fused-ring (bicyclic) bond motifs is 2. The van der Waals surface area contributed by atoms with Crippen molar-refractivity contribution >= 4 is 28.5 Å². The van der Waals surface area contributed by atoms with Gasteiger partial charge in [0.1, 0.15) is 5.58 Å². The second kappa shape index (κ2) is 13.6. The number of unbranched alkanes of at least 4 members (excludes halogenated alkanes) is 3. The zero-order chi connectivity index (χ0) is 30.3. The van der Waals surface area contributed by atoms with Crippen LogP contribution in [0.4, 0.5) is 5.69 Å². The third kappa shape index (κ3) is 6.14. The van der Waals surface area contributed by atoms with Gasteiger partial charge in [-0.05, 0) is 73.9 Å². The van der Waals surface area contributed by atoms with E-state index in [0.29, 0.717) is 59.1 Å². The summed E-state index contributed by atoms with van der Waals surface area (Å²) in [6, 6.07) is 18.2. The van der Waals surface area contributed by atoms with E-state index >= 15 is 0 Å². The number of carbonyl (C=O) groups is 2. The van der Waals surface area contributed by atoms with Crippen LogP contribution in [0, 0.1) is 0 Å². The number of amides is 1. The maximum Gasteiger partial charge on any atom is 0.338 e. The molecule has 0 fully saturated rings. The molecule has 4 aromatic rings. The van der Waals surface area contributed by atoms with E-state index in [2.05, 4.69) is 6.92 Å². The van der Waals surface area contributed by atoms with Crippen molar-refractivity contribution in [3.05, 3.63) is 99.4 Å². The highest BCUT2D eigenvalue weighted by Gasteiger charge is 2.44. The van der Waals surface area contributed by atoms with E-state index in [4.69, 9.17) is 18.6 Å². The molecule has 0 bridgehead atoms. The third-order valence-electron chi connectivity index (χ3n) is 7.48. The van der Waals surface area contributed by atoms with Crippen LogP contribution in [0.5, 0.6) is 11.5 Å². The zero-order valence-electron chi connectivity index (χ0n) is 24.9. The maximum absolute atomic E-state index is 14.0. The third-order valence-corrected chi connectivity index (χ3v) is 7.48. The van der Waals surface area contributed by atoms with E-state index in [1.807, 2.05) is 32.0 Å². The Labute approximate surface area is 251 Å². The van der Waals surface area contributed by atoms with Gasteiger partial charge in [-0.3, -0.25) is 14.5 Å². The Hall–Kier alpha value is -4.59. The first-order chi connectivity index (χ1) is 21.0. The number of carbonyl (C=O) groups excluding carboxylic acids is 2. The summed E-state index contributed by atoms with van der Waals surface area (Å²) in [7, 11) is 0. The van der Waals surface area contributed by atoms with Gasteiger partial charge >= 0.3 is 5.97 Å². The smallest absolute Gasteiger partial charge is 0.338 e. The van der Waals surface area contributed by atoms with Gasteiger partial charge in [-0.25, -0.2) is 4.79 Å². The molecule has 0 saturated heterocycles. The molecule has 1 aliphatic heterocycles. The second-order valence-corrected chi connectivity index (χ2v) is 10.5. The first-order valence-corrected chi connectivity index (χ1v) is 15.0. The molecule has 0 spiro atoms. The number of benzene rings is 3. The van der Waals surface area contributed by atoms with Gasteiger partial charge in [0.25, 0.3) is 5.91 Å². The second-order valence-electron chi connectivity index (χ2n) is 10.5. The highest BCUT2D eigenvalue weighted by atomic mass is 16.5. The van der Waals surface area contributed by atoms with Crippen LogP contribution in [0.25, 0.3) is 11.0 Å². The van der Waals surface area contributed by atoms with Gasteiger partial charge in [-0.2, -0.15) is 0 Å². The van der Waals surface area contributed by atoms with Gasteiger partial charge in [0.2, 0.25) is 5.76 Å². The molecule has 0 saturated carbocycles. The predicted molar refractivity (Wildman–Crippen MR) is 165 cm³/mol. The molecular weight excluding hydrogens is 546 g/mol. The fraction of sp³-hybridized carbons (Fsp3) is 0.343. The number of para-hydroxylation sites is 1. The lowest BCUT2D eigenvalue weighted by Gasteiger charge is -2.26. The number of hydrogen-bond acceptors (Lipinski definition) is 7. The van der Waals surface area contributed by atoms with Crippen molar-refractivity contribution in [1.82, 2.24) is 0 Å². The molecule has 1 aromatic heterocycles. The molecule has 2 heterocycles. The first-order valence-electron chi connectivity index (χ1n) is 15.0. The minimum atomic E-state index is -0.793. The molecular formula is C35H37NO7. The van der Waals surface area contributed by atoms with Crippen molar-refractivity contribution in [2.75, 3.05) is 24.7 Å². The van der Waals surface area contributed by atoms with Crippen molar-refractivity contribution in [2.24, 2.45) is 0 Å². The molecule has 0 aliphatic carbocycles. The molecule has 1 amide bonds. The Morgan fingerprint density at radius 2 is 1.60 bits per heavy atom. The van der Waals surface area contributed by atoms with Crippen LogP contribution < -0.4 is 19.8 Å². The average molecular weight is 584 g/mol. The maximum atomic E-state index is 14.0. The van der Waals surface area contributed by atoms with E-state index < -0.39 is 17.9 Å². The summed E-state index contributed by atoms with van der Waals surface area (Å²) in [5.74, 6) is 0.266. The topological polar surface area (TPSA) is 95.3 Å². The number of nitrogens with zero attached hydrogens (tertiary/aromatic N) is 1. The molecule has 8 nitrogen and oxygen atoms in total. The van der Waals surface area contributed by atoms with Gasteiger partial charge in [0.15, 0.2) is 16.9 Å². The van der Waals surface area contributed by atoms with Crippen molar-refractivity contribution in [2.45, 2.75) is 58.9 Å². The molecule has 0 N–H and O–H groups in total. The monoisotopic (exact) mass is 583 g/mol. The lowest BCUT2D eigenvalue weighted by atomic mass is 9.97. The lowest BCUT2D eigenvalue weighted by Crippen LogP contribution is -2.29. The largest absolute Gasteiger partial charge is 0.490 e. The van der Waals surface area contributed by atoms with Crippen molar-refractivity contribution in [3.63, 3.8) is 0 Å². The van der Waals surface area contributed by atoms with E-state index in [0.717, 1.165) is 32.1 Å². The minimum absolute atomic E-state index is 0.00500. The summed E-state index contributed by atoms with van der Waals surface area (Å²) < 4.78 is 23.4. The summed E-state index contributed by atoms with van der Waals surface area (Å²) in [5, 5.41) is 0.395. The van der Waals surface area contributed by atoms with Crippen LogP contribution in [0.2, 0.25) is 0 Å². The van der Waals surface area contributed by atoms with Gasteiger partial charge in [-0.15, -0.1) is 0 Å². The van der Waals surface area contributed by atoms with E-state index in [-0.39, 0.29) is 16.8 Å². The van der Waals surface area contributed by atoms with Gasteiger partial charge in [0.05, 0.1) is 42.4 Å². The molecule has 1 atom stereocenters. The van der Waals surface area contributed by atoms with Gasteiger partial charge < -0.3 is 18.6 Å². The average Bonchev–Trinajstić information content (AvgIpc) is 3.32. The standard InChI is InChI=1S/C35H37NO7/c1-4-7-11-21-41-28-19-16-24(22-29(28)40-6-3)31-30-32(37)26-12-9-10-13-27(26)43-33(30)34(38)36(31)25-17-14-23(15-18-25)35(39)42-20-8-5-2/h9-10,12-19,22,31H,4-8,11,20-21H2,1-3H3. The van der Waals surface area contributed by atoms with Crippen molar-refractivity contribution in [3.8, 4) is 11.5 Å². The molecule has 5 rings (SSSR count). The Kier molecular flexibility index (Phi) is 9.45. The zero-order valence-corrected chi connectivity index (χ0v) is 24.9. The predicted octanol–water partition coefficient (Wildman–Crippen LogP) is 7.47. The number of anilines is 1. The van der Waals surface area contributed by atoms with E-state index in [9.17, 15) is 14.4 Å². The van der Waals surface area contributed by atoms with Crippen molar-refractivity contribution in [1.29, 1.82) is 0 Å². The minimum Gasteiger partial charge on any atom is -0.490 e. The quantitative estimate of drug-likeness (QED) is 0.119. The highest BCUT2D eigenvalue weighted by molar-refractivity contribution is 6.10. The van der Waals surface area contributed by atoms with E-state index in [1.165, 1.54) is 4.90 Å². The molecule has 8 heteroatoms. The Morgan fingerprint density at radius 1 is 0.837 bits per heavy atom. The Balaban J connectivity index is 1.58. The van der Waals surface area contributed by atoms with E-state index in [1.54, 1.807) is 48.5 Å². The number of hydrogen-bond donors (Lipinski definition) is 0.